The van der Waals surface area contributed by atoms with Gasteiger partial charge < -0.3 is 14.8 Å². The van der Waals surface area contributed by atoms with Crippen LogP contribution in [0.15, 0.2) is 36.4 Å². The van der Waals surface area contributed by atoms with Crippen molar-refractivity contribution in [2.24, 2.45) is 0 Å². The van der Waals surface area contributed by atoms with Crippen LogP contribution in [0.4, 0.5) is 10.1 Å². The average Bonchev–Trinajstić information content (AvgIpc) is 2.48. The van der Waals surface area contributed by atoms with E-state index in [4.69, 9.17) is 21.1 Å². The number of hydrogen-bond acceptors (Lipinski definition) is 3. The lowest BCUT2D eigenvalue weighted by atomic mass is 10.2. The smallest absolute Gasteiger partial charge is 0.143 e. The summed E-state index contributed by atoms with van der Waals surface area (Å²) in [5.74, 6) is 1.03. The van der Waals surface area contributed by atoms with Crippen LogP contribution in [-0.4, -0.2) is 14.2 Å². The van der Waals surface area contributed by atoms with Crippen LogP contribution >= 0.6 is 11.6 Å². The largest absolute Gasteiger partial charge is 0.497 e. The Kier molecular flexibility index (Phi) is 4.69. The van der Waals surface area contributed by atoms with Gasteiger partial charge in [0.25, 0.3) is 0 Å². The van der Waals surface area contributed by atoms with Gasteiger partial charge in [-0.2, -0.15) is 0 Å². The average molecular weight is 296 g/mol. The molecule has 0 aliphatic heterocycles. The number of rotatable bonds is 5. The summed E-state index contributed by atoms with van der Waals surface area (Å²) < 4.78 is 23.8. The summed E-state index contributed by atoms with van der Waals surface area (Å²) in [5.41, 5.74) is 1.57. The lowest BCUT2D eigenvalue weighted by molar-refractivity contribution is 0.399. The quantitative estimate of drug-likeness (QED) is 0.900. The summed E-state index contributed by atoms with van der Waals surface area (Å²) in [6.07, 6.45) is 0. The number of nitrogens with one attached hydrogen (secondary N) is 1. The lowest BCUT2D eigenvalue weighted by Crippen LogP contribution is -2.02. The molecular weight excluding hydrogens is 281 g/mol. The van der Waals surface area contributed by atoms with E-state index in [-0.39, 0.29) is 5.02 Å². The molecule has 0 fully saturated rings. The van der Waals surface area contributed by atoms with Crippen LogP contribution in [0.1, 0.15) is 5.56 Å². The molecule has 0 unspecified atom stereocenters. The van der Waals surface area contributed by atoms with Gasteiger partial charge in [-0.05, 0) is 36.4 Å². The van der Waals surface area contributed by atoms with Gasteiger partial charge in [-0.15, -0.1) is 0 Å². The highest BCUT2D eigenvalue weighted by molar-refractivity contribution is 6.30. The fourth-order valence-corrected chi connectivity index (χ4v) is 1.94. The fourth-order valence-electron chi connectivity index (χ4n) is 1.82. The Balaban J connectivity index is 2.15. The van der Waals surface area contributed by atoms with E-state index in [9.17, 15) is 4.39 Å². The number of anilines is 1. The van der Waals surface area contributed by atoms with Gasteiger partial charge in [-0.3, -0.25) is 0 Å². The second kappa shape index (κ2) is 6.48. The highest BCUT2D eigenvalue weighted by Crippen LogP contribution is 2.25. The summed E-state index contributed by atoms with van der Waals surface area (Å²) in [4.78, 5) is 0. The Hall–Kier alpha value is -1.94. The minimum absolute atomic E-state index is 0.106. The Morgan fingerprint density at radius 2 is 1.90 bits per heavy atom. The van der Waals surface area contributed by atoms with E-state index in [0.717, 1.165) is 17.1 Å². The minimum Gasteiger partial charge on any atom is -0.497 e. The third-order valence-corrected chi connectivity index (χ3v) is 3.20. The van der Waals surface area contributed by atoms with Crippen molar-refractivity contribution in [1.82, 2.24) is 0 Å². The first-order valence-electron chi connectivity index (χ1n) is 6.04. The van der Waals surface area contributed by atoms with Crippen molar-refractivity contribution >= 4 is 17.3 Å². The van der Waals surface area contributed by atoms with Gasteiger partial charge in [0.1, 0.15) is 17.3 Å². The van der Waals surface area contributed by atoms with Crippen LogP contribution in [0.5, 0.6) is 11.5 Å². The van der Waals surface area contributed by atoms with E-state index in [1.807, 2.05) is 18.2 Å². The zero-order chi connectivity index (χ0) is 14.5. The van der Waals surface area contributed by atoms with Gasteiger partial charge >= 0.3 is 0 Å². The summed E-state index contributed by atoms with van der Waals surface area (Å²) in [7, 11) is 3.21. The molecule has 5 heteroatoms. The molecule has 3 nitrogen and oxygen atoms in total. The van der Waals surface area contributed by atoms with Gasteiger partial charge in [-0.1, -0.05) is 11.6 Å². The van der Waals surface area contributed by atoms with Crippen LogP contribution in [0, 0.1) is 5.82 Å². The first kappa shape index (κ1) is 14.5. The molecule has 0 aliphatic rings. The van der Waals surface area contributed by atoms with Crippen molar-refractivity contribution in [2.45, 2.75) is 6.54 Å². The van der Waals surface area contributed by atoms with Gasteiger partial charge in [0.15, 0.2) is 0 Å². The van der Waals surface area contributed by atoms with Crippen molar-refractivity contribution in [3.8, 4) is 11.5 Å². The number of methoxy groups -OCH3 is 2. The molecule has 0 heterocycles. The molecule has 0 aromatic heterocycles. The summed E-state index contributed by atoms with van der Waals surface area (Å²) in [5, 5.41) is 3.23. The van der Waals surface area contributed by atoms with E-state index >= 15 is 0 Å². The molecular formula is C15H15ClFNO2. The predicted molar refractivity (Wildman–Crippen MR) is 78.3 cm³/mol. The molecule has 2 aromatic rings. The Morgan fingerprint density at radius 1 is 1.10 bits per heavy atom. The van der Waals surface area contributed by atoms with Crippen LogP contribution in [0.3, 0.4) is 0 Å². The fraction of sp³-hybridized carbons (Fsp3) is 0.200. The van der Waals surface area contributed by atoms with Crippen LogP contribution < -0.4 is 14.8 Å². The Morgan fingerprint density at radius 3 is 2.55 bits per heavy atom. The molecule has 0 saturated heterocycles. The molecule has 0 saturated carbocycles. The van der Waals surface area contributed by atoms with E-state index in [1.54, 1.807) is 20.3 Å². The van der Waals surface area contributed by atoms with Crippen molar-refractivity contribution in [1.29, 1.82) is 0 Å². The molecule has 0 bridgehead atoms. The molecule has 0 amide bonds. The van der Waals surface area contributed by atoms with Crippen LogP contribution in [-0.2, 0) is 6.54 Å². The molecule has 1 N–H and O–H groups in total. The number of benzene rings is 2. The van der Waals surface area contributed by atoms with Crippen molar-refractivity contribution in [3.63, 3.8) is 0 Å². The molecule has 0 atom stereocenters. The monoisotopic (exact) mass is 295 g/mol. The van der Waals surface area contributed by atoms with E-state index in [2.05, 4.69) is 5.32 Å². The zero-order valence-electron chi connectivity index (χ0n) is 11.2. The summed E-state index contributed by atoms with van der Waals surface area (Å²) in [6, 6.07) is 10.1. The van der Waals surface area contributed by atoms with Crippen LogP contribution in [0.25, 0.3) is 0 Å². The highest BCUT2D eigenvalue weighted by Gasteiger charge is 2.06. The molecule has 2 rings (SSSR count). The van der Waals surface area contributed by atoms with Gasteiger partial charge in [0, 0.05) is 17.8 Å². The number of hydrogen-bond donors (Lipinski definition) is 1. The highest BCUT2D eigenvalue weighted by atomic mass is 35.5. The van der Waals surface area contributed by atoms with Crippen LogP contribution in [0.2, 0.25) is 5.02 Å². The molecule has 0 aliphatic carbocycles. The topological polar surface area (TPSA) is 30.5 Å². The maximum Gasteiger partial charge on any atom is 0.143 e. The zero-order valence-corrected chi connectivity index (χ0v) is 12.0. The summed E-state index contributed by atoms with van der Waals surface area (Å²) >= 11 is 5.65. The third kappa shape index (κ3) is 3.33. The van der Waals surface area contributed by atoms with E-state index in [1.165, 1.54) is 12.1 Å². The standard InChI is InChI=1S/C15H15ClFNO2/c1-19-12-4-6-15(20-2)10(7-12)9-18-11-3-5-13(16)14(17)8-11/h3-8,18H,9H2,1-2H3. The lowest BCUT2D eigenvalue weighted by Gasteiger charge is -2.12. The first-order chi connectivity index (χ1) is 9.63. The predicted octanol–water partition coefficient (Wildman–Crippen LogP) is 4.11. The first-order valence-corrected chi connectivity index (χ1v) is 6.41. The molecule has 20 heavy (non-hydrogen) atoms. The van der Waals surface area contributed by atoms with Crippen molar-refractivity contribution in [2.75, 3.05) is 19.5 Å². The number of halogens is 2. The third-order valence-electron chi connectivity index (χ3n) is 2.89. The SMILES string of the molecule is COc1ccc(OC)c(CNc2ccc(Cl)c(F)c2)c1. The normalized spacial score (nSPS) is 10.2. The maximum absolute atomic E-state index is 13.4. The molecule has 0 spiro atoms. The van der Waals surface area contributed by atoms with Gasteiger partial charge in [0.05, 0.1) is 19.2 Å². The molecule has 106 valence electrons. The van der Waals surface area contributed by atoms with Crippen molar-refractivity contribution in [3.05, 3.63) is 52.8 Å². The molecule has 2 aromatic carbocycles. The van der Waals surface area contributed by atoms with E-state index in [0.29, 0.717) is 12.2 Å². The van der Waals surface area contributed by atoms with Gasteiger partial charge in [0.2, 0.25) is 0 Å². The summed E-state index contributed by atoms with van der Waals surface area (Å²) in [6.45, 7) is 0.488. The second-order valence-corrected chi connectivity index (χ2v) is 4.57. The van der Waals surface area contributed by atoms with E-state index < -0.39 is 5.82 Å². The number of ether oxygens (including phenoxy) is 2. The van der Waals surface area contributed by atoms with Gasteiger partial charge in [-0.25, -0.2) is 4.39 Å². The molecule has 0 radical (unpaired) electrons. The second-order valence-electron chi connectivity index (χ2n) is 4.16. The van der Waals surface area contributed by atoms with Crippen molar-refractivity contribution < 1.29 is 13.9 Å². The Bertz CT molecular complexity index is 604. The minimum atomic E-state index is -0.450. The maximum atomic E-state index is 13.4. The Labute approximate surface area is 122 Å².